The van der Waals surface area contributed by atoms with Crippen molar-refractivity contribution in [2.75, 3.05) is 11.9 Å². The van der Waals surface area contributed by atoms with Crippen LogP contribution in [0.4, 0.5) is 10.7 Å². The van der Waals surface area contributed by atoms with Gasteiger partial charge < -0.3 is 10.1 Å². The first-order valence-corrected chi connectivity index (χ1v) is 7.62. The first kappa shape index (κ1) is 15.3. The number of nitro groups is 1. The fraction of sp³-hybridized carbons (Fsp3) is 0.333. The summed E-state index contributed by atoms with van der Waals surface area (Å²) in [6.45, 7) is 5.30. The van der Waals surface area contributed by atoms with E-state index in [1.807, 2.05) is 25.1 Å². The minimum absolute atomic E-state index is 0.165. The Morgan fingerprint density at radius 1 is 1.33 bits per heavy atom. The maximum atomic E-state index is 10.7. The van der Waals surface area contributed by atoms with E-state index in [-0.39, 0.29) is 9.92 Å². The summed E-state index contributed by atoms with van der Waals surface area (Å²) in [7, 11) is 0. The zero-order chi connectivity index (χ0) is 15.2. The summed E-state index contributed by atoms with van der Waals surface area (Å²) in [5, 5.41) is 14.1. The molecule has 0 saturated heterocycles. The van der Waals surface area contributed by atoms with Gasteiger partial charge in [-0.1, -0.05) is 24.3 Å². The number of hydrogen-bond donors (Lipinski definition) is 1. The Kier molecular flexibility index (Phi) is 5.16. The zero-order valence-corrected chi connectivity index (χ0v) is 12.9. The first-order valence-electron chi connectivity index (χ1n) is 6.80. The SMILES string of the molecule is CCCOc1cc(C)ccc1NCc1ccc([N+](=O)[O-])s1. The summed E-state index contributed by atoms with van der Waals surface area (Å²) in [6, 6.07) is 9.29. The Labute approximate surface area is 127 Å². The van der Waals surface area contributed by atoms with Crippen LogP contribution in [0.15, 0.2) is 30.3 Å². The minimum atomic E-state index is -0.365. The fourth-order valence-corrected chi connectivity index (χ4v) is 2.61. The molecule has 5 nitrogen and oxygen atoms in total. The second-order valence-corrected chi connectivity index (χ2v) is 5.85. The number of benzene rings is 1. The highest BCUT2D eigenvalue weighted by atomic mass is 32.1. The normalized spacial score (nSPS) is 10.4. The molecule has 0 unspecified atom stereocenters. The molecule has 0 fully saturated rings. The van der Waals surface area contributed by atoms with Crippen LogP contribution in [0, 0.1) is 17.0 Å². The molecule has 2 rings (SSSR count). The number of nitrogens with zero attached hydrogens (tertiary/aromatic N) is 1. The Hall–Kier alpha value is -2.08. The van der Waals surface area contributed by atoms with Crippen molar-refractivity contribution in [3.05, 3.63) is 50.9 Å². The van der Waals surface area contributed by atoms with Crippen molar-refractivity contribution in [2.24, 2.45) is 0 Å². The second kappa shape index (κ2) is 7.08. The van der Waals surface area contributed by atoms with Gasteiger partial charge in [0.05, 0.1) is 17.2 Å². The van der Waals surface area contributed by atoms with E-state index in [9.17, 15) is 10.1 Å². The minimum Gasteiger partial charge on any atom is -0.491 e. The molecule has 21 heavy (non-hydrogen) atoms. The van der Waals surface area contributed by atoms with Crippen LogP contribution in [0.2, 0.25) is 0 Å². The number of aryl methyl sites for hydroxylation is 1. The third-order valence-corrected chi connectivity index (χ3v) is 3.92. The molecule has 0 aliphatic rings. The Morgan fingerprint density at radius 3 is 2.81 bits per heavy atom. The summed E-state index contributed by atoms with van der Waals surface area (Å²) in [5.41, 5.74) is 2.04. The molecular weight excluding hydrogens is 288 g/mol. The molecule has 6 heteroatoms. The lowest BCUT2D eigenvalue weighted by Crippen LogP contribution is -2.03. The van der Waals surface area contributed by atoms with Gasteiger partial charge in [-0.2, -0.15) is 0 Å². The third-order valence-electron chi connectivity index (χ3n) is 2.88. The molecule has 2 aromatic rings. The van der Waals surface area contributed by atoms with Crippen LogP contribution < -0.4 is 10.1 Å². The van der Waals surface area contributed by atoms with Crippen molar-refractivity contribution in [1.29, 1.82) is 0 Å². The largest absolute Gasteiger partial charge is 0.491 e. The van der Waals surface area contributed by atoms with Gasteiger partial charge in [0.2, 0.25) is 0 Å². The molecule has 1 N–H and O–H groups in total. The van der Waals surface area contributed by atoms with E-state index in [4.69, 9.17) is 4.74 Å². The fourth-order valence-electron chi connectivity index (χ4n) is 1.85. The van der Waals surface area contributed by atoms with Crippen molar-refractivity contribution >= 4 is 22.0 Å². The highest BCUT2D eigenvalue weighted by Gasteiger charge is 2.10. The van der Waals surface area contributed by atoms with Gasteiger partial charge in [-0.25, -0.2) is 0 Å². The molecule has 0 radical (unpaired) electrons. The van der Waals surface area contributed by atoms with E-state index < -0.39 is 0 Å². The first-order chi connectivity index (χ1) is 10.1. The van der Waals surface area contributed by atoms with Crippen LogP contribution in [0.1, 0.15) is 23.8 Å². The van der Waals surface area contributed by atoms with E-state index in [0.717, 1.165) is 28.3 Å². The summed E-state index contributed by atoms with van der Waals surface area (Å²) in [4.78, 5) is 11.2. The van der Waals surface area contributed by atoms with E-state index in [2.05, 4.69) is 12.2 Å². The number of ether oxygens (including phenoxy) is 1. The van der Waals surface area contributed by atoms with Gasteiger partial charge >= 0.3 is 5.00 Å². The molecule has 0 aliphatic carbocycles. The molecule has 0 atom stereocenters. The van der Waals surface area contributed by atoms with Crippen LogP contribution in [0.5, 0.6) is 5.75 Å². The van der Waals surface area contributed by atoms with Gasteiger partial charge in [-0.15, -0.1) is 0 Å². The van der Waals surface area contributed by atoms with Crippen LogP contribution in [-0.4, -0.2) is 11.5 Å². The lowest BCUT2D eigenvalue weighted by Gasteiger charge is -2.13. The molecule has 0 aliphatic heterocycles. The van der Waals surface area contributed by atoms with Crippen LogP contribution in [0.3, 0.4) is 0 Å². The van der Waals surface area contributed by atoms with Crippen molar-refractivity contribution < 1.29 is 9.66 Å². The average Bonchev–Trinajstić information content (AvgIpc) is 2.93. The number of thiophene rings is 1. The van der Waals surface area contributed by atoms with Crippen molar-refractivity contribution in [2.45, 2.75) is 26.8 Å². The molecule has 0 amide bonds. The monoisotopic (exact) mass is 306 g/mol. The number of hydrogen-bond acceptors (Lipinski definition) is 5. The van der Waals surface area contributed by atoms with Crippen LogP contribution in [0.25, 0.3) is 0 Å². The molecule has 0 bridgehead atoms. The van der Waals surface area contributed by atoms with Gasteiger partial charge in [0.15, 0.2) is 0 Å². The summed E-state index contributed by atoms with van der Waals surface area (Å²) in [5.74, 6) is 0.822. The molecular formula is C15H18N2O3S. The highest BCUT2D eigenvalue weighted by Crippen LogP contribution is 2.29. The highest BCUT2D eigenvalue weighted by molar-refractivity contribution is 7.15. The smallest absolute Gasteiger partial charge is 0.324 e. The average molecular weight is 306 g/mol. The number of rotatable bonds is 7. The number of anilines is 1. The Bertz CT molecular complexity index is 625. The maximum absolute atomic E-state index is 10.7. The summed E-state index contributed by atoms with van der Waals surface area (Å²) in [6.07, 6.45) is 0.949. The standard InChI is InChI=1S/C15H18N2O3S/c1-3-8-20-14-9-11(2)4-6-13(14)16-10-12-5-7-15(21-12)17(18)19/h4-7,9,16H,3,8,10H2,1-2H3. The van der Waals surface area contributed by atoms with Gasteiger partial charge in [-0.05, 0) is 37.1 Å². The maximum Gasteiger partial charge on any atom is 0.324 e. The Morgan fingerprint density at radius 2 is 2.14 bits per heavy atom. The van der Waals surface area contributed by atoms with E-state index >= 15 is 0 Å². The lowest BCUT2D eigenvalue weighted by atomic mass is 10.2. The van der Waals surface area contributed by atoms with Crippen molar-refractivity contribution in [3.63, 3.8) is 0 Å². The van der Waals surface area contributed by atoms with E-state index in [1.54, 1.807) is 6.07 Å². The topological polar surface area (TPSA) is 64.4 Å². The van der Waals surface area contributed by atoms with Gasteiger partial charge in [-0.3, -0.25) is 10.1 Å². The quantitative estimate of drug-likeness (QED) is 0.609. The van der Waals surface area contributed by atoms with Crippen LogP contribution >= 0.6 is 11.3 Å². The molecule has 112 valence electrons. The third kappa shape index (κ3) is 4.19. The second-order valence-electron chi connectivity index (χ2n) is 4.70. The van der Waals surface area contributed by atoms with E-state index in [0.29, 0.717) is 13.2 Å². The number of nitrogens with one attached hydrogen (secondary N) is 1. The summed E-state index contributed by atoms with van der Waals surface area (Å²) >= 11 is 1.18. The van der Waals surface area contributed by atoms with Crippen LogP contribution in [-0.2, 0) is 6.54 Å². The Balaban J connectivity index is 2.06. The predicted molar refractivity (Wildman–Crippen MR) is 85.3 cm³/mol. The van der Waals surface area contributed by atoms with Crippen molar-refractivity contribution in [3.8, 4) is 5.75 Å². The zero-order valence-electron chi connectivity index (χ0n) is 12.1. The van der Waals surface area contributed by atoms with Gasteiger partial charge in [0, 0.05) is 17.5 Å². The molecule has 1 aromatic carbocycles. The summed E-state index contributed by atoms with van der Waals surface area (Å²) < 4.78 is 5.73. The molecule has 1 heterocycles. The molecule has 1 aromatic heterocycles. The van der Waals surface area contributed by atoms with Gasteiger partial charge in [0.25, 0.3) is 0 Å². The van der Waals surface area contributed by atoms with E-state index in [1.165, 1.54) is 17.4 Å². The molecule has 0 spiro atoms. The van der Waals surface area contributed by atoms with Gasteiger partial charge in [0.1, 0.15) is 5.75 Å². The molecule has 0 saturated carbocycles. The van der Waals surface area contributed by atoms with Crippen molar-refractivity contribution in [1.82, 2.24) is 0 Å². The lowest BCUT2D eigenvalue weighted by molar-refractivity contribution is -0.380. The predicted octanol–water partition coefficient (Wildman–Crippen LogP) is 4.37.